The molecule has 5 aromatic rings. The van der Waals surface area contributed by atoms with Gasteiger partial charge in [0.1, 0.15) is 11.2 Å². The molecule has 0 fully saturated rings. The van der Waals surface area contributed by atoms with Gasteiger partial charge in [0.2, 0.25) is 0 Å². The maximum atomic E-state index is 13.1. The Morgan fingerprint density at radius 2 is 1.65 bits per heavy atom. The fourth-order valence-corrected chi connectivity index (χ4v) is 4.31. The summed E-state index contributed by atoms with van der Waals surface area (Å²) in [4.78, 5) is 28.7. The van der Waals surface area contributed by atoms with Crippen molar-refractivity contribution in [1.82, 2.24) is 14.8 Å². The second-order valence-electron chi connectivity index (χ2n) is 8.78. The minimum Gasteiger partial charge on any atom is -0.453 e. The Bertz CT molecular complexity index is 1570. The molecule has 0 saturated carbocycles. The first-order valence-electron chi connectivity index (χ1n) is 10.6. The number of rotatable bonds is 3. The zero-order valence-electron chi connectivity index (χ0n) is 18.3. The molecule has 0 bridgehead atoms. The highest BCUT2D eigenvalue weighted by molar-refractivity contribution is 6.14. The highest BCUT2D eigenvalue weighted by Gasteiger charge is 2.23. The molecule has 2 aromatic carbocycles. The number of aromatic amines is 2. The Hall–Kier alpha value is -3.54. The van der Waals surface area contributed by atoms with E-state index in [1.807, 2.05) is 30.7 Å². The molecule has 158 valence electrons. The van der Waals surface area contributed by atoms with Crippen molar-refractivity contribution in [3.05, 3.63) is 68.1 Å². The standard InChI is InChI=1S/C25H25N3O3/c1-12(2)15-6-8-16(9-7-15)19-20-24(28(13(3)4)27-25(20)30)26-21-17-10-11-18(29)14(5)22(17)31-23(19)21/h6-13,26H,1-5H3,(H,27,30). The molecule has 0 saturated heterocycles. The third-order valence-electron chi connectivity index (χ3n) is 6.09. The van der Waals surface area contributed by atoms with Crippen LogP contribution in [-0.2, 0) is 0 Å². The monoisotopic (exact) mass is 415 g/mol. The Labute approximate surface area is 178 Å². The number of H-pyrrole nitrogens is 2. The number of aromatic nitrogens is 3. The van der Waals surface area contributed by atoms with Gasteiger partial charge in [-0.1, -0.05) is 38.1 Å². The van der Waals surface area contributed by atoms with Crippen molar-refractivity contribution < 1.29 is 4.42 Å². The minimum absolute atomic E-state index is 0.0585. The smallest absolute Gasteiger partial charge is 0.274 e. The quantitative estimate of drug-likeness (QED) is 0.402. The normalized spacial score (nSPS) is 12.2. The highest BCUT2D eigenvalue weighted by Crippen LogP contribution is 2.39. The van der Waals surface area contributed by atoms with E-state index in [0.717, 1.165) is 22.0 Å². The van der Waals surface area contributed by atoms with Crippen LogP contribution in [0.25, 0.3) is 44.2 Å². The molecule has 2 N–H and O–H groups in total. The predicted octanol–water partition coefficient (Wildman–Crippen LogP) is 5.60. The van der Waals surface area contributed by atoms with E-state index in [1.54, 1.807) is 19.1 Å². The first kappa shape index (κ1) is 19.4. The SMILES string of the molecule is Cc1c(=O)ccc2c1oc1c(-c3ccc(C(C)C)cc3)c3c(=O)[nH]n(C(C)C)c3[nH]c12. The predicted molar refractivity (Wildman–Crippen MR) is 125 cm³/mol. The van der Waals surface area contributed by atoms with E-state index >= 15 is 0 Å². The Morgan fingerprint density at radius 1 is 0.935 bits per heavy atom. The number of aryl methyl sites for hydroxylation is 1. The number of fused-ring (bicyclic) bond motifs is 4. The minimum atomic E-state index is -0.175. The van der Waals surface area contributed by atoms with Gasteiger partial charge in [-0.15, -0.1) is 0 Å². The molecule has 31 heavy (non-hydrogen) atoms. The van der Waals surface area contributed by atoms with E-state index in [0.29, 0.717) is 33.7 Å². The molecule has 0 atom stereocenters. The molecule has 3 heterocycles. The van der Waals surface area contributed by atoms with Gasteiger partial charge in [-0.2, -0.15) is 0 Å². The van der Waals surface area contributed by atoms with E-state index in [-0.39, 0.29) is 17.0 Å². The van der Waals surface area contributed by atoms with Crippen LogP contribution < -0.4 is 11.0 Å². The van der Waals surface area contributed by atoms with Crippen molar-refractivity contribution in [3.8, 4) is 11.1 Å². The number of pyridine rings is 1. The van der Waals surface area contributed by atoms with Crippen LogP contribution in [0.2, 0.25) is 0 Å². The van der Waals surface area contributed by atoms with Crippen molar-refractivity contribution in [2.45, 2.75) is 46.6 Å². The van der Waals surface area contributed by atoms with Crippen LogP contribution in [0.4, 0.5) is 0 Å². The topological polar surface area (TPSA) is 83.8 Å². The van der Waals surface area contributed by atoms with Crippen molar-refractivity contribution in [3.63, 3.8) is 0 Å². The lowest BCUT2D eigenvalue weighted by atomic mass is 9.97. The summed E-state index contributed by atoms with van der Waals surface area (Å²) in [5, 5.41) is 4.35. The average molecular weight is 415 g/mol. The van der Waals surface area contributed by atoms with Gasteiger partial charge in [0.15, 0.2) is 11.0 Å². The largest absolute Gasteiger partial charge is 0.453 e. The van der Waals surface area contributed by atoms with Gasteiger partial charge in [0.05, 0.1) is 10.9 Å². The Morgan fingerprint density at radius 3 is 2.29 bits per heavy atom. The van der Waals surface area contributed by atoms with Crippen molar-refractivity contribution in [1.29, 1.82) is 0 Å². The Kier molecular flexibility index (Phi) is 4.22. The number of hydrogen-bond acceptors (Lipinski definition) is 3. The van der Waals surface area contributed by atoms with Gasteiger partial charge in [0.25, 0.3) is 5.56 Å². The number of benzene rings is 2. The fraction of sp³-hybridized carbons (Fsp3) is 0.280. The number of nitrogens with zero attached hydrogens (tertiary/aromatic N) is 1. The molecule has 0 aliphatic carbocycles. The first-order valence-corrected chi connectivity index (χ1v) is 10.6. The third-order valence-corrected chi connectivity index (χ3v) is 6.09. The molecule has 0 unspecified atom stereocenters. The molecule has 3 aromatic heterocycles. The Balaban J connectivity index is 1.99. The van der Waals surface area contributed by atoms with Gasteiger partial charge >= 0.3 is 0 Å². The third kappa shape index (κ3) is 2.78. The van der Waals surface area contributed by atoms with Gasteiger partial charge < -0.3 is 9.40 Å². The molecule has 0 amide bonds. The van der Waals surface area contributed by atoms with Gasteiger partial charge in [-0.3, -0.25) is 19.4 Å². The summed E-state index contributed by atoms with van der Waals surface area (Å²) < 4.78 is 8.11. The first-order chi connectivity index (χ1) is 14.8. The number of nitrogens with one attached hydrogen (secondary N) is 2. The van der Waals surface area contributed by atoms with Crippen LogP contribution >= 0.6 is 0 Å². The summed E-state index contributed by atoms with van der Waals surface area (Å²) in [5.41, 5.74) is 5.82. The molecule has 0 radical (unpaired) electrons. The zero-order chi connectivity index (χ0) is 22.0. The van der Waals surface area contributed by atoms with Crippen LogP contribution in [0.1, 0.15) is 50.8 Å². The van der Waals surface area contributed by atoms with E-state index in [1.165, 1.54) is 5.56 Å². The summed E-state index contributed by atoms with van der Waals surface area (Å²) in [6, 6.07) is 11.7. The van der Waals surface area contributed by atoms with Crippen molar-refractivity contribution in [2.75, 3.05) is 0 Å². The van der Waals surface area contributed by atoms with Crippen molar-refractivity contribution in [2.24, 2.45) is 0 Å². The molecular weight excluding hydrogens is 390 g/mol. The molecule has 5 rings (SSSR count). The molecule has 0 aliphatic rings. The lowest BCUT2D eigenvalue weighted by Gasteiger charge is -2.11. The molecule has 0 spiro atoms. The number of hydrogen-bond donors (Lipinski definition) is 2. The zero-order valence-corrected chi connectivity index (χ0v) is 18.3. The second-order valence-corrected chi connectivity index (χ2v) is 8.78. The second kappa shape index (κ2) is 6.74. The fourth-order valence-electron chi connectivity index (χ4n) is 4.31. The van der Waals surface area contributed by atoms with E-state index in [4.69, 9.17) is 4.42 Å². The van der Waals surface area contributed by atoms with Crippen LogP contribution in [0.3, 0.4) is 0 Å². The van der Waals surface area contributed by atoms with Crippen LogP contribution in [-0.4, -0.2) is 14.8 Å². The van der Waals surface area contributed by atoms with Gasteiger partial charge in [-0.25, -0.2) is 0 Å². The van der Waals surface area contributed by atoms with Crippen LogP contribution in [0.15, 0.2) is 50.4 Å². The lowest BCUT2D eigenvalue weighted by Crippen LogP contribution is -2.07. The summed E-state index contributed by atoms with van der Waals surface area (Å²) in [6.07, 6.45) is 0. The molecule has 0 aliphatic heterocycles. The van der Waals surface area contributed by atoms with Gasteiger partial charge in [-0.05, 0) is 49.9 Å². The summed E-state index contributed by atoms with van der Waals surface area (Å²) in [7, 11) is 0. The maximum Gasteiger partial charge on any atom is 0.274 e. The average Bonchev–Trinajstić information content (AvgIpc) is 3.28. The summed E-state index contributed by atoms with van der Waals surface area (Å²) >= 11 is 0. The molecule has 6 nitrogen and oxygen atoms in total. The highest BCUT2D eigenvalue weighted by atomic mass is 16.3. The molecular formula is C25H25N3O3. The van der Waals surface area contributed by atoms with Crippen molar-refractivity contribution >= 4 is 33.1 Å². The van der Waals surface area contributed by atoms with E-state index in [2.05, 4.69) is 36.1 Å². The van der Waals surface area contributed by atoms with E-state index in [9.17, 15) is 9.59 Å². The maximum absolute atomic E-state index is 13.1. The van der Waals surface area contributed by atoms with Crippen LogP contribution in [0, 0.1) is 6.92 Å². The lowest BCUT2D eigenvalue weighted by molar-refractivity contribution is 0.542. The molecule has 6 heteroatoms. The van der Waals surface area contributed by atoms with Gasteiger partial charge in [0, 0.05) is 22.6 Å². The summed E-state index contributed by atoms with van der Waals surface area (Å²) in [6.45, 7) is 10.1. The van der Waals surface area contributed by atoms with E-state index < -0.39 is 0 Å². The summed E-state index contributed by atoms with van der Waals surface area (Å²) in [5.74, 6) is 0.410. The number of furan rings is 1. The van der Waals surface area contributed by atoms with Crippen LogP contribution in [0.5, 0.6) is 0 Å².